The fraction of sp³-hybridized carbons (Fsp3) is 0.444. The van der Waals surface area contributed by atoms with Crippen molar-refractivity contribution in [1.82, 2.24) is 14.7 Å². The SMILES string of the molecule is CCn1nc(C(=O)N2CCCC[C@@H]2c2ccc(F)cc2)cc1C. The Morgan fingerprint density at radius 1 is 1.30 bits per heavy atom. The first-order valence-electron chi connectivity index (χ1n) is 8.21. The van der Waals surface area contributed by atoms with Gasteiger partial charge in [0.15, 0.2) is 5.69 Å². The highest BCUT2D eigenvalue weighted by Gasteiger charge is 2.30. The van der Waals surface area contributed by atoms with Crippen molar-refractivity contribution in [2.45, 2.75) is 45.7 Å². The van der Waals surface area contributed by atoms with Gasteiger partial charge in [0.05, 0.1) is 6.04 Å². The van der Waals surface area contributed by atoms with Gasteiger partial charge in [-0.15, -0.1) is 0 Å². The van der Waals surface area contributed by atoms with Crippen LogP contribution in [0.3, 0.4) is 0 Å². The molecule has 0 N–H and O–H groups in total. The summed E-state index contributed by atoms with van der Waals surface area (Å²) in [6.45, 7) is 5.44. The number of nitrogens with zero attached hydrogens (tertiary/aromatic N) is 3. The molecule has 1 fully saturated rings. The molecule has 1 saturated heterocycles. The van der Waals surface area contributed by atoms with Gasteiger partial charge in [-0.3, -0.25) is 9.48 Å². The first-order valence-corrected chi connectivity index (χ1v) is 8.21. The first kappa shape index (κ1) is 15.7. The molecular formula is C18H22FN3O. The van der Waals surface area contributed by atoms with Crippen molar-refractivity contribution in [3.8, 4) is 0 Å². The minimum Gasteiger partial charge on any atom is -0.330 e. The van der Waals surface area contributed by atoms with Crippen LogP contribution in [0, 0.1) is 12.7 Å². The average Bonchev–Trinajstić information content (AvgIpc) is 2.96. The Morgan fingerprint density at radius 2 is 2.04 bits per heavy atom. The van der Waals surface area contributed by atoms with Gasteiger partial charge in [-0.25, -0.2) is 4.39 Å². The van der Waals surface area contributed by atoms with Gasteiger partial charge in [0.25, 0.3) is 5.91 Å². The van der Waals surface area contributed by atoms with E-state index in [9.17, 15) is 9.18 Å². The van der Waals surface area contributed by atoms with Gasteiger partial charge in [-0.1, -0.05) is 12.1 Å². The summed E-state index contributed by atoms with van der Waals surface area (Å²) in [4.78, 5) is 14.8. The summed E-state index contributed by atoms with van der Waals surface area (Å²) in [7, 11) is 0. The molecule has 23 heavy (non-hydrogen) atoms. The number of carbonyl (C=O) groups is 1. The standard InChI is InChI=1S/C18H22FN3O/c1-3-22-13(2)12-16(20-22)18(23)21-11-5-4-6-17(21)14-7-9-15(19)10-8-14/h7-10,12,17H,3-6,11H2,1-2H3/t17-/m1/s1. The molecule has 2 heterocycles. The summed E-state index contributed by atoms with van der Waals surface area (Å²) in [6, 6.07) is 8.33. The Kier molecular flexibility index (Phi) is 4.46. The summed E-state index contributed by atoms with van der Waals surface area (Å²) >= 11 is 0. The van der Waals surface area contributed by atoms with Gasteiger partial charge < -0.3 is 4.90 Å². The lowest BCUT2D eigenvalue weighted by molar-refractivity contribution is 0.0604. The number of amides is 1. The third kappa shape index (κ3) is 3.14. The van der Waals surface area contributed by atoms with E-state index in [4.69, 9.17) is 0 Å². The molecule has 0 bridgehead atoms. The van der Waals surface area contributed by atoms with Crippen molar-refractivity contribution in [2.24, 2.45) is 0 Å². The molecule has 2 aromatic rings. The predicted molar refractivity (Wildman–Crippen MR) is 86.7 cm³/mol. The number of rotatable bonds is 3. The zero-order chi connectivity index (χ0) is 16.4. The highest BCUT2D eigenvalue weighted by Crippen LogP contribution is 2.32. The molecule has 1 amide bonds. The molecule has 0 spiro atoms. The van der Waals surface area contributed by atoms with Crippen molar-refractivity contribution >= 4 is 5.91 Å². The maximum atomic E-state index is 13.2. The molecule has 1 aromatic heterocycles. The Labute approximate surface area is 135 Å². The Balaban J connectivity index is 1.88. The van der Waals surface area contributed by atoms with Crippen molar-refractivity contribution in [3.63, 3.8) is 0 Å². The highest BCUT2D eigenvalue weighted by molar-refractivity contribution is 5.92. The molecule has 1 aromatic carbocycles. The lowest BCUT2D eigenvalue weighted by Crippen LogP contribution is -2.38. The number of aromatic nitrogens is 2. The number of halogens is 1. The van der Waals surface area contributed by atoms with E-state index in [1.54, 1.807) is 12.1 Å². The summed E-state index contributed by atoms with van der Waals surface area (Å²) < 4.78 is 15.0. The highest BCUT2D eigenvalue weighted by atomic mass is 19.1. The monoisotopic (exact) mass is 315 g/mol. The summed E-state index contributed by atoms with van der Waals surface area (Å²) in [5.41, 5.74) is 2.48. The van der Waals surface area contributed by atoms with E-state index in [0.717, 1.165) is 43.6 Å². The van der Waals surface area contributed by atoms with Crippen LogP contribution >= 0.6 is 0 Å². The van der Waals surface area contributed by atoms with Gasteiger partial charge in [-0.2, -0.15) is 5.10 Å². The van der Waals surface area contributed by atoms with Crippen LogP contribution in [-0.2, 0) is 6.54 Å². The van der Waals surface area contributed by atoms with E-state index in [0.29, 0.717) is 5.69 Å². The van der Waals surface area contributed by atoms with Crippen LogP contribution in [0.5, 0.6) is 0 Å². The van der Waals surface area contributed by atoms with E-state index < -0.39 is 0 Å². The zero-order valence-corrected chi connectivity index (χ0v) is 13.6. The lowest BCUT2D eigenvalue weighted by atomic mass is 9.95. The number of benzene rings is 1. The molecule has 1 aliphatic heterocycles. The van der Waals surface area contributed by atoms with Crippen LogP contribution in [0.25, 0.3) is 0 Å². The van der Waals surface area contributed by atoms with Gasteiger partial charge in [0.2, 0.25) is 0 Å². The predicted octanol–water partition coefficient (Wildman–Crippen LogP) is 3.72. The summed E-state index contributed by atoms with van der Waals surface area (Å²) in [6.07, 6.45) is 2.98. The van der Waals surface area contributed by atoms with E-state index in [-0.39, 0.29) is 17.8 Å². The van der Waals surface area contributed by atoms with Crippen LogP contribution in [0.1, 0.15) is 54.0 Å². The molecule has 0 radical (unpaired) electrons. The minimum absolute atomic E-state index is 0.00364. The Morgan fingerprint density at radius 3 is 2.70 bits per heavy atom. The second-order valence-corrected chi connectivity index (χ2v) is 6.05. The van der Waals surface area contributed by atoms with Crippen LogP contribution < -0.4 is 0 Å². The van der Waals surface area contributed by atoms with Crippen molar-refractivity contribution < 1.29 is 9.18 Å². The normalized spacial score (nSPS) is 18.2. The fourth-order valence-electron chi connectivity index (χ4n) is 3.29. The van der Waals surface area contributed by atoms with Crippen LogP contribution in [0.15, 0.2) is 30.3 Å². The summed E-state index contributed by atoms with van der Waals surface area (Å²) in [5.74, 6) is -0.283. The molecular weight excluding hydrogens is 293 g/mol. The quantitative estimate of drug-likeness (QED) is 0.866. The Hall–Kier alpha value is -2.17. The lowest BCUT2D eigenvalue weighted by Gasteiger charge is -2.35. The smallest absolute Gasteiger partial charge is 0.274 e. The number of hydrogen-bond donors (Lipinski definition) is 0. The number of aryl methyl sites for hydroxylation is 2. The number of piperidine rings is 1. The maximum absolute atomic E-state index is 13.2. The first-order chi connectivity index (χ1) is 11.1. The van der Waals surface area contributed by atoms with Crippen molar-refractivity contribution in [3.05, 3.63) is 53.1 Å². The molecule has 5 heteroatoms. The van der Waals surface area contributed by atoms with Crippen LogP contribution in [0.4, 0.5) is 4.39 Å². The Bertz CT molecular complexity index is 693. The van der Waals surface area contributed by atoms with Crippen molar-refractivity contribution in [2.75, 3.05) is 6.54 Å². The van der Waals surface area contributed by atoms with Gasteiger partial charge in [-0.05, 0) is 56.9 Å². The van der Waals surface area contributed by atoms with Gasteiger partial charge in [0.1, 0.15) is 5.82 Å². The molecule has 0 aliphatic carbocycles. The van der Waals surface area contributed by atoms with E-state index in [1.807, 2.05) is 29.5 Å². The van der Waals surface area contributed by atoms with Crippen molar-refractivity contribution in [1.29, 1.82) is 0 Å². The van der Waals surface area contributed by atoms with Gasteiger partial charge >= 0.3 is 0 Å². The molecule has 3 rings (SSSR count). The van der Waals surface area contributed by atoms with E-state index >= 15 is 0 Å². The minimum atomic E-state index is -0.250. The number of carbonyl (C=O) groups excluding carboxylic acids is 1. The second-order valence-electron chi connectivity index (χ2n) is 6.05. The molecule has 122 valence electrons. The van der Waals surface area contributed by atoms with Gasteiger partial charge in [0, 0.05) is 18.8 Å². The van der Waals surface area contributed by atoms with E-state index in [2.05, 4.69) is 5.10 Å². The summed E-state index contributed by atoms with van der Waals surface area (Å²) in [5, 5.41) is 4.41. The van der Waals surface area contributed by atoms with E-state index in [1.165, 1.54) is 12.1 Å². The fourth-order valence-corrected chi connectivity index (χ4v) is 3.29. The average molecular weight is 315 g/mol. The second kappa shape index (κ2) is 6.52. The van der Waals surface area contributed by atoms with Crippen LogP contribution in [-0.4, -0.2) is 27.1 Å². The third-order valence-electron chi connectivity index (χ3n) is 4.52. The molecule has 1 atom stereocenters. The molecule has 0 unspecified atom stereocenters. The zero-order valence-electron chi connectivity index (χ0n) is 13.6. The molecule has 4 nitrogen and oxygen atoms in total. The van der Waals surface area contributed by atoms with Crippen LogP contribution in [0.2, 0.25) is 0 Å². The largest absolute Gasteiger partial charge is 0.330 e. The molecule has 1 aliphatic rings. The number of likely N-dealkylation sites (tertiary alicyclic amines) is 1. The maximum Gasteiger partial charge on any atom is 0.274 e. The topological polar surface area (TPSA) is 38.1 Å². The molecule has 0 saturated carbocycles. The third-order valence-corrected chi connectivity index (χ3v) is 4.52. The number of hydrogen-bond acceptors (Lipinski definition) is 2.